The first-order valence-electron chi connectivity index (χ1n) is 8.38. The van der Waals surface area contributed by atoms with E-state index < -0.39 is 0 Å². The molecule has 0 radical (unpaired) electrons. The van der Waals surface area contributed by atoms with Gasteiger partial charge in [0.25, 0.3) is 0 Å². The van der Waals surface area contributed by atoms with E-state index in [1.807, 2.05) is 13.0 Å². The van der Waals surface area contributed by atoms with Crippen LogP contribution in [0.15, 0.2) is 16.5 Å². The predicted octanol–water partition coefficient (Wildman–Crippen LogP) is 4.27. The molecule has 0 bridgehead atoms. The SMILES string of the molecule is CCC(N)C(c1ccc(C)o1)N(C)C1CCC(C)(C)CC1. The quantitative estimate of drug-likeness (QED) is 0.881. The molecule has 1 heterocycles. The largest absolute Gasteiger partial charge is 0.465 e. The van der Waals surface area contributed by atoms with Crippen LogP contribution in [0.25, 0.3) is 0 Å². The van der Waals surface area contributed by atoms with Gasteiger partial charge in [0.05, 0.1) is 6.04 Å². The number of rotatable bonds is 5. The van der Waals surface area contributed by atoms with Crippen molar-refractivity contribution in [1.29, 1.82) is 0 Å². The van der Waals surface area contributed by atoms with Gasteiger partial charge in [-0.3, -0.25) is 4.90 Å². The second-order valence-electron chi connectivity index (χ2n) is 7.53. The van der Waals surface area contributed by atoms with Crippen LogP contribution in [0.3, 0.4) is 0 Å². The van der Waals surface area contributed by atoms with Crippen LogP contribution < -0.4 is 5.73 Å². The summed E-state index contributed by atoms with van der Waals surface area (Å²) in [7, 11) is 2.22. The molecule has 1 aromatic heterocycles. The average molecular weight is 292 g/mol. The van der Waals surface area contributed by atoms with E-state index in [1.54, 1.807) is 0 Å². The summed E-state index contributed by atoms with van der Waals surface area (Å²) in [6, 6.07) is 5.07. The molecule has 2 atom stereocenters. The van der Waals surface area contributed by atoms with Crippen LogP contribution in [0, 0.1) is 12.3 Å². The molecule has 2 N–H and O–H groups in total. The summed E-state index contributed by atoms with van der Waals surface area (Å²) in [4.78, 5) is 2.47. The Hall–Kier alpha value is -0.800. The molecule has 1 aliphatic rings. The van der Waals surface area contributed by atoms with Crippen LogP contribution in [0.1, 0.15) is 70.4 Å². The summed E-state index contributed by atoms with van der Waals surface area (Å²) >= 11 is 0. The van der Waals surface area contributed by atoms with E-state index in [9.17, 15) is 0 Å². The van der Waals surface area contributed by atoms with Crippen LogP contribution in [-0.2, 0) is 0 Å². The van der Waals surface area contributed by atoms with Crippen molar-refractivity contribution < 1.29 is 4.42 Å². The van der Waals surface area contributed by atoms with Gasteiger partial charge in [-0.05, 0) is 63.6 Å². The van der Waals surface area contributed by atoms with Crippen molar-refractivity contribution in [2.24, 2.45) is 11.1 Å². The van der Waals surface area contributed by atoms with E-state index in [0.717, 1.165) is 17.9 Å². The highest BCUT2D eigenvalue weighted by Crippen LogP contribution is 2.39. The summed E-state index contributed by atoms with van der Waals surface area (Å²) in [6.45, 7) is 8.93. The zero-order chi connectivity index (χ0) is 15.6. The van der Waals surface area contributed by atoms with Gasteiger partial charge in [-0.1, -0.05) is 20.8 Å². The molecule has 0 saturated heterocycles. The van der Waals surface area contributed by atoms with Gasteiger partial charge in [0.1, 0.15) is 11.5 Å². The number of hydrogen-bond acceptors (Lipinski definition) is 3. The molecule has 0 spiro atoms. The highest BCUT2D eigenvalue weighted by Gasteiger charge is 2.34. The van der Waals surface area contributed by atoms with Gasteiger partial charge in [0.15, 0.2) is 0 Å². The van der Waals surface area contributed by atoms with Gasteiger partial charge >= 0.3 is 0 Å². The smallest absolute Gasteiger partial charge is 0.122 e. The second-order valence-corrected chi connectivity index (χ2v) is 7.53. The number of nitrogens with zero attached hydrogens (tertiary/aromatic N) is 1. The Morgan fingerprint density at radius 3 is 2.43 bits per heavy atom. The summed E-state index contributed by atoms with van der Waals surface area (Å²) in [6.07, 6.45) is 6.08. The molecule has 3 nitrogen and oxygen atoms in total. The van der Waals surface area contributed by atoms with Crippen LogP contribution in [0.2, 0.25) is 0 Å². The van der Waals surface area contributed by atoms with E-state index in [0.29, 0.717) is 11.5 Å². The first kappa shape index (κ1) is 16.6. The highest BCUT2D eigenvalue weighted by molar-refractivity contribution is 5.12. The Labute approximate surface area is 129 Å². The number of likely N-dealkylation sites (N-methyl/N-ethyl adjacent to an activating group) is 1. The molecule has 3 heteroatoms. The van der Waals surface area contributed by atoms with Crippen molar-refractivity contribution in [1.82, 2.24) is 4.90 Å². The van der Waals surface area contributed by atoms with Crippen LogP contribution in [0.5, 0.6) is 0 Å². The Bertz CT molecular complexity index is 442. The molecule has 1 saturated carbocycles. The Morgan fingerprint density at radius 2 is 1.95 bits per heavy atom. The molecule has 1 aliphatic carbocycles. The van der Waals surface area contributed by atoms with Crippen molar-refractivity contribution in [3.8, 4) is 0 Å². The van der Waals surface area contributed by atoms with Crippen molar-refractivity contribution in [2.75, 3.05) is 7.05 Å². The van der Waals surface area contributed by atoms with Gasteiger partial charge in [-0.2, -0.15) is 0 Å². The van der Waals surface area contributed by atoms with Crippen molar-refractivity contribution >= 4 is 0 Å². The third-order valence-corrected chi connectivity index (χ3v) is 5.25. The fraction of sp³-hybridized carbons (Fsp3) is 0.778. The van der Waals surface area contributed by atoms with Crippen LogP contribution >= 0.6 is 0 Å². The van der Waals surface area contributed by atoms with E-state index in [2.05, 4.69) is 38.8 Å². The summed E-state index contributed by atoms with van der Waals surface area (Å²) in [5, 5.41) is 0. The predicted molar refractivity (Wildman–Crippen MR) is 88.3 cm³/mol. The molecular weight excluding hydrogens is 260 g/mol. The van der Waals surface area contributed by atoms with Gasteiger partial charge < -0.3 is 10.2 Å². The third kappa shape index (κ3) is 3.89. The lowest BCUT2D eigenvalue weighted by atomic mass is 9.75. The molecule has 0 aromatic carbocycles. The zero-order valence-electron chi connectivity index (χ0n) is 14.4. The van der Waals surface area contributed by atoms with Gasteiger partial charge in [0.2, 0.25) is 0 Å². The molecule has 0 amide bonds. The van der Waals surface area contributed by atoms with E-state index >= 15 is 0 Å². The molecular formula is C18H32N2O. The lowest BCUT2D eigenvalue weighted by Crippen LogP contribution is -2.45. The Balaban J connectivity index is 2.13. The molecule has 21 heavy (non-hydrogen) atoms. The lowest BCUT2D eigenvalue weighted by Gasteiger charge is -2.42. The normalized spacial score (nSPS) is 22.4. The third-order valence-electron chi connectivity index (χ3n) is 5.25. The molecule has 1 aromatic rings. The maximum atomic E-state index is 6.42. The zero-order valence-corrected chi connectivity index (χ0v) is 14.4. The number of nitrogens with two attached hydrogens (primary N) is 1. The van der Waals surface area contributed by atoms with Crippen LogP contribution in [0.4, 0.5) is 0 Å². The maximum absolute atomic E-state index is 6.42. The lowest BCUT2D eigenvalue weighted by molar-refractivity contribution is 0.0727. The van der Waals surface area contributed by atoms with E-state index in [1.165, 1.54) is 25.7 Å². The fourth-order valence-electron chi connectivity index (χ4n) is 3.57. The van der Waals surface area contributed by atoms with E-state index in [-0.39, 0.29) is 12.1 Å². The Kier molecular flexibility index (Phi) is 5.15. The van der Waals surface area contributed by atoms with Crippen molar-refractivity contribution in [3.63, 3.8) is 0 Å². The van der Waals surface area contributed by atoms with Gasteiger partial charge in [-0.25, -0.2) is 0 Å². The number of aryl methyl sites for hydroxylation is 1. The summed E-state index contributed by atoms with van der Waals surface area (Å²) in [5.41, 5.74) is 6.92. The Morgan fingerprint density at radius 1 is 1.33 bits per heavy atom. The number of furan rings is 1. The van der Waals surface area contributed by atoms with Gasteiger partial charge in [0, 0.05) is 12.1 Å². The standard InChI is InChI=1S/C18H32N2O/c1-6-15(19)17(16-8-7-13(2)21-16)20(5)14-9-11-18(3,4)12-10-14/h7-8,14-15,17H,6,9-12,19H2,1-5H3. The van der Waals surface area contributed by atoms with Crippen molar-refractivity contribution in [2.45, 2.75) is 77.9 Å². The molecule has 1 fully saturated rings. The minimum Gasteiger partial charge on any atom is -0.465 e. The minimum absolute atomic E-state index is 0.121. The average Bonchev–Trinajstić information content (AvgIpc) is 2.84. The summed E-state index contributed by atoms with van der Waals surface area (Å²) in [5.74, 6) is 1.99. The summed E-state index contributed by atoms with van der Waals surface area (Å²) < 4.78 is 5.90. The number of hydrogen-bond donors (Lipinski definition) is 1. The molecule has 2 unspecified atom stereocenters. The second kappa shape index (κ2) is 6.53. The monoisotopic (exact) mass is 292 g/mol. The molecule has 120 valence electrons. The first-order chi connectivity index (χ1) is 9.84. The van der Waals surface area contributed by atoms with Gasteiger partial charge in [-0.15, -0.1) is 0 Å². The minimum atomic E-state index is 0.121. The maximum Gasteiger partial charge on any atom is 0.122 e. The van der Waals surface area contributed by atoms with Crippen LogP contribution in [-0.4, -0.2) is 24.0 Å². The molecule has 2 rings (SSSR count). The highest BCUT2D eigenvalue weighted by atomic mass is 16.3. The fourth-order valence-corrected chi connectivity index (χ4v) is 3.57. The molecule has 0 aliphatic heterocycles. The van der Waals surface area contributed by atoms with Crippen molar-refractivity contribution in [3.05, 3.63) is 23.7 Å². The van der Waals surface area contributed by atoms with E-state index in [4.69, 9.17) is 10.2 Å². The first-order valence-corrected chi connectivity index (χ1v) is 8.38. The topological polar surface area (TPSA) is 42.4 Å².